The summed E-state index contributed by atoms with van der Waals surface area (Å²) in [5.74, 6) is -3.57. The lowest BCUT2D eigenvalue weighted by atomic mass is 9.98. The van der Waals surface area contributed by atoms with Crippen molar-refractivity contribution in [3.63, 3.8) is 0 Å². The Morgan fingerprint density at radius 3 is 2.62 bits per heavy atom. The van der Waals surface area contributed by atoms with Crippen LogP contribution in [0.25, 0.3) is 0 Å². The zero-order valence-electron chi connectivity index (χ0n) is 13.3. The number of hydrogen-bond acceptors (Lipinski definition) is 5. The Morgan fingerprint density at radius 2 is 2.00 bits per heavy atom. The van der Waals surface area contributed by atoms with Gasteiger partial charge in [0.25, 0.3) is 5.91 Å². The quantitative estimate of drug-likeness (QED) is 0.643. The Hall–Kier alpha value is -3.30. The van der Waals surface area contributed by atoms with Gasteiger partial charge in [-0.15, -0.1) is 0 Å². The number of carbonyl (C=O) groups is 2. The summed E-state index contributed by atoms with van der Waals surface area (Å²) in [5.41, 5.74) is 0.148. The molecule has 0 saturated carbocycles. The fraction of sp³-hybridized carbons (Fsp3) is 0.250. The van der Waals surface area contributed by atoms with Gasteiger partial charge in [0.05, 0.1) is 12.0 Å². The molecule has 136 valence electrons. The van der Waals surface area contributed by atoms with Crippen LogP contribution in [0.2, 0.25) is 0 Å². The summed E-state index contributed by atoms with van der Waals surface area (Å²) in [6.07, 6.45) is 0. The van der Waals surface area contributed by atoms with E-state index in [2.05, 4.69) is 5.32 Å². The molecular weight excluding hydrogens is 352 g/mol. The van der Waals surface area contributed by atoms with Gasteiger partial charge in [0.1, 0.15) is 16.6 Å². The van der Waals surface area contributed by atoms with Crippen LogP contribution in [0.3, 0.4) is 0 Å². The molecule has 1 N–H and O–H groups in total. The van der Waals surface area contributed by atoms with Crippen LogP contribution in [0, 0.1) is 27.7 Å². The first-order valence-electron chi connectivity index (χ1n) is 7.60. The zero-order chi connectivity index (χ0) is 18.8. The number of benzene rings is 1. The molecule has 0 unspecified atom stereocenters. The summed E-state index contributed by atoms with van der Waals surface area (Å²) in [4.78, 5) is 35.2. The molecule has 0 bridgehead atoms. The van der Waals surface area contributed by atoms with Crippen molar-refractivity contribution >= 4 is 17.7 Å². The third-order valence-corrected chi connectivity index (χ3v) is 3.99. The van der Waals surface area contributed by atoms with Gasteiger partial charge in [-0.1, -0.05) is 6.07 Å². The van der Waals surface area contributed by atoms with Crippen molar-refractivity contribution in [2.45, 2.75) is 6.54 Å². The summed E-state index contributed by atoms with van der Waals surface area (Å²) in [6, 6.07) is 5.34. The van der Waals surface area contributed by atoms with Crippen molar-refractivity contribution in [2.24, 2.45) is 5.92 Å². The van der Waals surface area contributed by atoms with Crippen LogP contribution in [-0.2, 0) is 11.3 Å². The molecule has 1 saturated heterocycles. The maximum Gasteiger partial charge on any atom is 0.433 e. The molecule has 0 radical (unpaired) electrons. The Labute approximate surface area is 145 Å². The van der Waals surface area contributed by atoms with Crippen molar-refractivity contribution in [1.82, 2.24) is 10.2 Å². The van der Waals surface area contributed by atoms with E-state index in [0.717, 1.165) is 18.2 Å². The van der Waals surface area contributed by atoms with E-state index in [1.165, 1.54) is 17.0 Å². The summed E-state index contributed by atoms with van der Waals surface area (Å²) >= 11 is 0. The molecular formula is C16H13F2N3O5. The Bertz CT molecular complexity index is 877. The summed E-state index contributed by atoms with van der Waals surface area (Å²) in [6.45, 7) is 0.135. The molecule has 26 heavy (non-hydrogen) atoms. The number of amides is 2. The number of nitro groups is 1. The monoisotopic (exact) mass is 365 g/mol. The van der Waals surface area contributed by atoms with Crippen molar-refractivity contribution in [3.8, 4) is 0 Å². The number of halogens is 2. The molecule has 1 aromatic heterocycles. The lowest BCUT2D eigenvalue weighted by Gasteiger charge is -2.37. The Morgan fingerprint density at radius 1 is 1.27 bits per heavy atom. The van der Waals surface area contributed by atoms with E-state index in [-0.39, 0.29) is 36.9 Å². The zero-order valence-corrected chi connectivity index (χ0v) is 13.3. The number of nitrogens with zero attached hydrogens (tertiary/aromatic N) is 2. The third kappa shape index (κ3) is 3.53. The standard InChI is InChI=1S/C16H13F2N3O5/c17-11-2-1-9(12(18)5-11)6-19-15(22)10-7-20(8-10)16(23)13-3-4-14(26-13)21(24)25/h1-5,10H,6-8H2,(H,19,22). The minimum absolute atomic E-state index is 0.0974. The lowest BCUT2D eigenvalue weighted by molar-refractivity contribution is -0.402. The number of rotatable bonds is 5. The fourth-order valence-corrected chi connectivity index (χ4v) is 2.50. The minimum Gasteiger partial charge on any atom is -0.395 e. The number of nitrogens with one attached hydrogen (secondary N) is 1. The van der Waals surface area contributed by atoms with Crippen LogP contribution < -0.4 is 5.32 Å². The lowest BCUT2D eigenvalue weighted by Crippen LogP contribution is -2.55. The molecule has 1 fully saturated rings. The first-order chi connectivity index (χ1) is 12.3. The van der Waals surface area contributed by atoms with E-state index < -0.39 is 34.3 Å². The average molecular weight is 365 g/mol. The number of hydrogen-bond donors (Lipinski definition) is 1. The maximum absolute atomic E-state index is 13.5. The molecule has 2 heterocycles. The second kappa shape index (κ2) is 6.90. The fourth-order valence-electron chi connectivity index (χ4n) is 2.50. The van der Waals surface area contributed by atoms with Gasteiger partial charge in [0, 0.05) is 31.3 Å². The van der Waals surface area contributed by atoms with Crippen molar-refractivity contribution in [2.75, 3.05) is 13.1 Å². The first kappa shape index (κ1) is 17.5. The Kier molecular flexibility index (Phi) is 4.65. The third-order valence-electron chi connectivity index (χ3n) is 3.99. The highest BCUT2D eigenvalue weighted by Crippen LogP contribution is 2.22. The molecule has 3 rings (SSSR count). The summed E-state index contributed by atoms with van der Waals surface area (Å²) in [7, 11) is 0. The van der Waals surface area contributed by atoms with Gasteiger partial charge < -0.3 is 14.6 Å². The molecule has 1 aliphatic heterocycles. The molecule has 1 aliphatic rings. The molecule has 0 aliphatic carbocycles. The van der Waals surface area contributed by atoms with Gasteiger partial charge in [-0.05, 0) is 12.1 Å². The van der Waals surface area contributed by atoms with Gasteiger partial charge in [0.15, 0.2) is 5.76 Å². The second-order valence-electron chi connectivity index (χ2n) is 5.76. The predicted molar refractivity (Wildman–Crippen MR) is 83.0 cm³/mol. The molecule has 0 spiro atoms. The molecule has 8 nitrogen and oxygen atoms in total. The highest BCUT2D eigenvalue weighted by Gasteiger charge is 2.37. The van der Waals surface area contributed by atoms with E-state index in [0.29, 0.717) is 0 Å². The van der Waals surface area contributed by atoms with Crippen molar-refractivity contribution in [3.05, 3.63) is 63.4 Å². The van der Waals surface area contributed by atoms with Crippen LogP contribution >= 0.6 is 0 Å². The first-order valence-corrected chi connectivity index (χ1v) is 7.60. The Balaban J connectivity index is 1.50. The van der Waals surface area contributed by atoms with Gasteiger partial charge in [-0.2, -0.15) is 0 Å². The van der Waals surface area contributed by atoms with Crippen molar-refractivity contribution < 1.29 is 27.7 Å². The normalized spacial score (nSPS) is 14.0. The van der Waals surface area contributed by atoms with Crippen molar-refractivity contribution in [1.29, 1.82) is 0 Å². The van der Waals surface area contributed by atoms with Crippen LogP contribution in [0.4, 0.5) is 14.7 Å². The summed E-state index contributed by atoms with van der Waals surface area (Å²) < 4.78 is 31.2. The van der Waals surface area contributed by atoms with E-state index >= 15 is 0 Å². The van der Waals surface area contributed by atoms with Crippen LogP contribution in [0.1, 0.15) is 16.1 Å². The minimum atomic E-state index is -0.755. The highest BCUT2D eigenvalue weighted by atomic mass is 19.1. The van der Waals surface area contributed by atoms with E-state index in [4.69, 9.17) is 4.42 Å². The molecule has 2 amide bonds. The summed E-state index contributed by atoms with van der Waals surface area (Å²) in [5, 5.41) is 13.1. The maximum atomic E-state index is 13.5. The van der Waals surface area contributed by atoms with Gasteiger partial charge in [-0.3, -0.25) is 19.7 Å². The number of likely N-dealkylation sites (tertiary alicyclic amines) is 1. The number of carbonyl (C=O) groups excluding carboxylic acids is 2. The van der Waals surface area contributed by atoms with E-state index in [1.54, 1.807) is 0 Å². The largest absolute Gasteiger partial charge is 0.433 e. The van der Waals surface area contributed by atoms with E-state index in [1.807, 2.05) is 0 Å². The molecule has 1 aromatic carbocycles. The SMILES string of the molecule is O=C(NCc1ccc(F)cc1F)C1CN(C(=O)c2ccc([N+](=O)[O-])o2)C1. The van der Waals surface area contributed by atoms with Crippen LogP contribution in [0.5, 0.6) is 0 Å². The van der Waals surface area contributed by atoms with Gasteiger partial charge in [0.2, 0.25) is 5.91 Å². The highest BCUT2D eigenvalue weighted by molar-refractivity contribution is 5.94. The molecule has 2 aromatic rings. The topological polar surface area (TPSA) is 106 Å². The average Bonchev–Trinajstić information content (AvgIpc) is 3.02. The smallest absolute Gasteiger partial charge is 0.395 e. The van der Waals surface area contributed by atoms with Gasteiger partial charge >= 0.3 is 5.88 Å². The second-order valence-corrected chi connectivity index (χ2v) is 5.76. The number of furan rings is 1. The van der Waals surface area contributed by atoms with E-state index in [9.17, 15) is 28.5 Å². The molecule has 0 atom stereocenters. The van der Waals surface area contributed by atoms with Crippen LogP contribution in [0.15, 0.2) is 34.7 Å². The van der Waals surface area contributed by atoms with Gasteiger partial charge in [-0.25, -0.2) is 8.78 Å². The van der Waals surface area contributed by atoms with Crippen LogP contribution in [-0.4, -0.2) is 34.7 Å². The molecule has 10 heteroatoms. The predicted octanol–water partition coefficient (Wildman–Crippen LogP) is 1.85.